The van der Waals surface area contributed by atoms with Gasteiger partial charge in [-0.15, -0.1) is 24.0 Å². The summed E-state index contributed by atoms with van der Waals surface area (Å²) in [6.45, 7) is 7.13. The van der Waals surface area contributed by atoms with Gasteiger partial charge in [0.25, 0.3) is 0 Å². The van der Waals surface area contributed by atoms with Gasteiger partial charge in [0.15, 0.2) is 5.96 Å². The lowest BCUT2D eigenvalue weighted by Crippen LogP contribution is -2.47. The van der Waals surface area contributed by atoms with Crippen LogP contribution in [0, 0.1) is 5.82 Å². The molecule has 0 heterocycles. The van der Waals surface area contributed by atoms with Crippen LogP contribution < -0.4 is 15.4 Å². The third kappa shape index (κ3) is 8.95. The van der Waals surface area contributed by atoms with Gasteiger partial charge in [-0.25, -0.2) is 4.39 Å². The predicted octanol–water partition coefficient (Wildman–Crippen LogP) is 2.80. The molecule has 0 saturated carbocycles. The molecular weight excluding hydrogens is 412 g/mol. The lowest BCUT2D eigenvalue weighted by molar-refractivity contribution is 0.0268. The molecule has 5 nitrogen and oxygen atoms in total. The number of ether oxygens (including phenoxy) is 2. The van der Waals surface area contributed by atoms with E-state index >= 15 is 0 Å². The monoisotopic (exact) mass is 439 g/mol. The summed E-state index contributed by atoms with van der Waals surface area (Å²) in [6.07, 6.45) is -0.0838. The fourth-order valence-electron chi connectivity index (χ4n) is 1.62. The highest BCUT2D eigenvalue weighted by Crippen LogP contribution is 2.12. The quantitative estimate of drug-likeness (QED) is 0.390. The Morgan fingerprint density at radius 1 is 1.26 bits per heavy atom. The summed E-state index contributed by atoms with van der Waals surface area (Å²) < 4.78 is 23.9. The summed E-state index contributed by atoms with van der Waals surface area (Å²) in [5.41, 5.74) is -0.270. The van der Waals surface area contributed by atoms with Crippen molar-refractivity contribution in [3.63, 3.8) is 0 Å². The Morgan fingerprint density at radius 2 is 1.87 bits per heavy atom. The molecular formula is C16H27FIN3O2. The van der Waals surface area contributed by atoms with Crippen LogP contribution in [0.3, 0.4) is 0 Å². The minimum absolute atomic E-state index is 0. The Labute approximate surface area is 155 Å². The number of methoxy groups -OCH3 is 1. The topological polar surface area (TPSA) is 54.9 Å². The van der Waals surface area contributed by atoms with Crippen molar-refractivity contribution in [3.8, 4) is 5.75 Å². The molecule has 0 spiro atoms. The van der Waals surface area contributed by atoms with E-state index in [0.29, 0.717) is 24.8 Å². The van der Waals surface area contributed by atoms with Crippen LogP contribution in [0.2, 0.25) is 0 Å². The third-order valence-electron chi connectivity index (χ3n) is 3.17. The Bertz CT molecular complexity index is 481. The molecule has 2 N–H and O–H groups in total. The van der Waals surface area contributed by atoms with Crippen LogP contribution in [0.25, 0.3) is 0 Å². The first-order valence-electron chi connectivity index (χ1n) is 7.28. The summed E-state index contributed by atoms with van der Waals surface area (Å²) >= 11 is 0. The normalized spacial score (nSPS) is 13.0. The van der Waals surface area contributed by atoms with Crippen LogP contribution in [-0.2, 0) is 4.74 Å². The molecule has 0 fully saturated rings. The second-order valence-electron chi connectivity index (χ2n) is 5.65. The number of hydrogen-bond donors (Lipinski definition) is 2. The smallest absolute Gasteiger partial charge is 0.191 e. The Balaban J connectivity index is 0.00000484. The molecule has 1 rings (SSSR count). The molecule has 0 aliphatic carbocycles. The van der Waals surface area contributed by atoms with Crippen molar-refractivity contribution < 1.29 is 13.9 Å². The lowest BCUT2D eigenvalue weighted by Gasteiger charge is -2.25. The van der Waals surface area contributed by atoms with Gasteiger partial charge in [-0.2, -0.15) is 0 Å². The van der Waals surface area contributed by atoms with Crippen molar-refractivity contribution in [1.29, 1.82) is 0 Å². The maximum atomic E-state index is 12.8. The highest BCUT2D eigenvalue weighted by Gasteiger charge is 2.16. The molecule has 23 heavy (non-hydrogen) atoms. The largest absolute Gasteiger partial charge is 0.489 e. The summed E-state index contributed by atoms with van der Waals surface area (Å²) in [7, 11) is 3.39. The summed E-state index contributed by atoms with van der Waals surface area (Å²) in [6, 6.07) is 5.98. The summed E-state index contributed by atoms with van der Waals surface area (Å²) in [4.78, 5) is 4.15. The zero-order valence-corrected chi connectivity index (χ0v) is 16.7. The summed E-state index contributed by atoms with van der Waals surface area (Å²) in [5, 5.41) is 6.38. The van der Waals surface area contributed by atoms with Crippen molar-refractivity contribution in [2.24, 2.45) is 4.99 Å². The second-order valence-corrected chi connectivity index (χ2v) is 5.65. The van der Waals surface area contributed by atoms with E-state index in [4.69, 9.17) is 9.47 Å². The molecule has 0 saturated heterocycles. The molecule has 0 bridgehead atoms. The fraction of sp³-hybridized carbons (Fsp3) is 0.562. The van der Waals surface area contributed by atoms with E-state index in [1.807, 2.05) is 20.8 Å². The van der Waals surface area contributed by atoms with Gasteiger partial charge in [0.2, 0.25) is 0 Å². The van der Waals surface area contributed by atoms with Crippen molar-refractivity contribution in [2.45, 2.75) is 32.5 Å². The second kappa shape index (κ2) is 10.6. The number of benzene rings is 1. The van der Waals surface area contributed by atoms with Gasteiger partial charge in [0, 0.05) is 20.7 Å². The Morgan fingerprint density at radius 3 is 2.39 bits per heavy atom. The number of aliphatic imine (C=N–C) groups is 1. The van der Waals surface area contributed by atoms with Gasteiger partial charge in [-0.05, 0) is 45.0 Å². The van der Waals surface area contributed by atoms with E-state index in [1.54, 1.807) is 26.3 Å². The number of halogens is 2. The molecule has 1 atom stereocenters. The average molecular weight is 439 g/mol. The van der Waals surface area contributed by atoms with E-state index in [1.165, 1.54) is 12.1 Å². The van der Waals surface area contributed by atoms with Crippen molar-refractivity contribution in [2.75, 3.05) is 27.2 Å². The Hall–Kier alpha value is -1.09. The van der Waals surface area contributed by atoms with E-state index in [0.717, 1.165) is 0 Å². The molecule has 132 valence electrons. The molecule has 1 aromatic carbocycles. The molecule has 0 radical (unpaired) electrons. The van der Waals surface area contributed by atoms with Crippen LogP contribution in [0.5, 0.6) is 5.75 Å². The molecule has 0 aliphatic heterocycles. The minimum Gasteiger partial charge on any atom is -0.489 e. The fourth-order valence-corrected chi connectivity index (χ4v) is 1.62. The first-order valence-corrected chi connectivity index (χ1v) is 7.28. The minimum atomic E-state index is -0.275. The summed E-state index contributed by atoms with van der Waals surface area (Å²) in [5.74, 6) is 1.04. The van der Waals surface area contributed by atoms with Gasteiger partial charge >= 0.3 is 0 Å². The van der Waals surface area contributed by atoms with Crippen molar-refractivity contribution in [3.05, 3.63) is 30.1 Å². The van der Waals surface area contributed by atoms with E-state index in [2.05, 4.69) is 15.6 Å². The molecule has 0 aliphatic rings. The maximum absolute atomic E-state index is 12.8. The van der Waals surface area contributed by atoms with Gasteiger partial charge in [-0.3, -0.25) is 4.99 Å². The predicted molar refractivity (Wildman–Crippen MR) is 102 cm³/mol. The SMILES string of the molecule is CN=C(NCC(C)Oc1ccc(F)cc1)NCC(C)(C)OC.I. The van der Waals surface area contributed by atoms with Gasteiger partial charge in [0.05, 0.1) is 12.1 Å². The number of guanidine groups is 1. The average Bonchev–Trinajstić information content (AvgIpc) is 2.50. The zero-order valence-electron chi connectivity index (χ0n) is 14.4. The van der Waals surface area contributed by atoms with Crippen LogP contribution in [0.4, 0.5) is 4.39 Å². The first kappa shape index (κ1) is 21.9. The first-order chi connectivity index (χ1) is 10.4. The molecule has 1 aromatic rings. The number of nitrogens with one attached hydrogen (secondary N) is 2. The van der Waals surface area contributed by atoms with Crippen molar-refractivity contribution in [1.82, 2.24) is 10.6 Å². The third-order valence-corrected chi connectivity index (χ3v) is 3.17. The highest BCUT2D eigenvalue weighted by atomic mass is 127. The Kier molecular flexibility index (Phi) is 10.1. The molecule has 1 unspecified atom stereocenters. The van der Waals surface area contributed by atoms with Crippen LogP contribution in [0.1, 0.15) is 20.8 Å². The number of nitrogens with zero attached hydrogens (tertiary/aromatic N) is 1. The van der Waals surface area contributed by atoms with Gasteiger partial charge < -0.3 is 20.1 Å². The molecule has 0 amide bonds. The van der Waals surface area contributed by atoms with Crippen LogP contribution in [-0.4, -0.2) is 44.9 Å². The standard InChI is InChI=1S/C16H26FN3O2.HI/c1-12(22-14-8-6-13(17)7-9-14)10-19-15(18-4)20-11-16(2,3)21-5;/h6-9,12H,10-11H2,1-5H3,(H2,18,19,20);1H. The maximum Gasteiger partial charge on any atom is 0.191 e. The molecule has 7 heteroatoms. The number of hydrogen-bond acceptors (Lipinski definition) is 3. The highest BCUT2D eigenvalue weighted by molar-refractivity contribution is 14.0. The number of rotatable bonds is 7. The van der Waals surface area contributed by atoms with Crippen LogP contribution in [0.15, 0.2) is 29.3 Å². The van der Waals surface area contributed by atoms with Gasteiger partial charge in [0.1, 0.15) is 17.7 Å². The molecule has 0 aromatic heterocycles. The van der Waals surface area contributed by atoms with Crippen LogP contribution >= 0.6 is 24.0 Å². The van der Waals surface area contributed by atoms with E-state index < -0.39 is 0 Å². The van der Waals surface area contributed by atoms with E-state index in [9.17, 15) is 4.39 Å². The van der Waals surface area contributed by atoms with Gasteiger partial charge in [-0.1, -0.05) is 0 Å². The lowest BCUT2D eigenvalue weighted by atomic mass is 10.1. The zero-order chi connectivity index (χ0) is 16.6. The van der Waals surface area contributed by atoms with E-state index in [-0.39, 0.29) is 41.5 Å². The van der Waals surface area contributed by atoms with Crippen molar-refractivity contribution >= 4 is 29.9 Å².